The molecule has 3 heterocycles. The summed E-state index contributed by atoms with van der Waals surface area (Å²) < 4.78 is 39.1. The van der Waals surface area contributed by atoms with Crippen LogP contribution in [0.25, 0.3) is 0 Å². The van der Waals surface area contributed by atoms with E-state index in [1.807, 2.05) is 26.0 Å². The molecular formula is C41H60F3N3O2S. The molecular weight excluding hydrogens is 656 g/mol. The monoisotopic (exact) mass is 715 g/mol. The van der Waals surface area contributed by atoms with E-state index in [-0.39, 0.29) is 11.6 Å². The highest BCUT2D eigenvalue weighted by molar-refractivity contribution is 7.10. The number of amides is 2. The maximum Gasteiger partial charge on any atom is 0.416 e. The first-order valence-electron chi connectivity index (χ1n) is 17.8. The minimum Gasteiger partial charge on any atom is -0.333 e. The Bertz CT molecular complexity index is 1470. The maximum absolute atomic E-state index is 13.0. The standard InChI is InChI=1S/C21H21F3N2O2S.C10H16.C7H15N.C3H8/c1-4-13(3)20(28)26-6-5-16-17(11-29-18(16)10-26)19(27)25-15-8-12(2)7-14(9-15)21(22,23)24;1-5-6-7-8-10(4)9(2)3;1-2-5-8-6-3-4-7-8;1-3-2/h4,7-9,11H,5-6,10H2,1-3H3,(H,25,27);5-8H,1-4H3;2-7H2,1H3;3H2,1-2H3/b13-4+;6-5-,8-7-;;. The lowest BCUT2D eigenvalue weighted by molar-refractivity contribution is -0.137. The SMILES string of the molecule is C/C=C(\C)C(=O)N1CCc2c(C(=O)Nc3cc(C)cc(C(F)(F)F)c3)csc2C1.C/C=C\C=C/C(C)=C(C)C.CCC.CCCN1CCCC1. The number of fused-ring (bicyclic) bond motifs is 1. The van der Waals surface area contributed by atoms with E-state index < -0.39 is 17.6 Å². The largest absolute Gasteiger partial charge is 0.416 e. The van der Waals surface area contributed by atoms with Crippen LogP contribution in [0.4, 0.5) is 18.9 Å². The Morgan fingerprint density at radius 2 is 1.60 bits per heavy atom. The zero-order valence-corrected chi connectivity index (χ0v) is 32.8. The number of carbonyl (C=O) groups is 2. The second-order valence-electron chi connectivity index (χ2n) is 12.9. The summed E-state index contributed by atoms with van der Waals surface area (Å²) in [6.45, 7) is 25.0. The number of nitrogens with zero attached hydrogens (tertiary/aromatic N) is 2. The lowest BCUT2D eigenvalue weighted by Gasteiger charge is -2.27. The van der Waals surface area contributed by atoms with Gasteiger partial charge in [0.15, 0.2) is 0 Å². The van der Waals surface area contributed by atoms with Crippen molar-refractivity contribution in [3.63, 3.8) is 0 Å². The van der Waals surface area contributed by atoms with E-state index in [9.17, 15) is 22.8 Å². The molecule has 2 aliphatic heterocycles. The van der Waals surface area contributed by atoms with Gasteiger partial charge in [-0.25, -0.2) is 0 Å². The van der Waals surface area contributed by atoms with Crippen molar-refractivity contribution in [1.29, 1.82) is 0 Å². The van der Waals surface area contributed by atoms with Gasteiger partial charge in [0.1, 0.15) is 0 Å². The third-order valence-electron chi connectivity index (χ3n) is 8.09. The van der Waals surface area contributed by atoms with Crippen LogP contribution in [-0.2, 0) is 23.9 Å². The number of anilines is 1. The van der Waals surface area contributed by atoms with Crippen molar-refractivity contribution in [3.05, 3.63) is 97.8 Å². The topological polar surface area (TPSA) is 52.7 Å². The Morgan fingerprint density at radius 3 is 2.14 bits per heavy atom. The van der Waals surface area contributed by atoms with Gasteiger partial charge in [-0.05, 0) is 123 Å². The number of aryl methyl sites for hydroxylation is 1. The molecule has 5 nitrogen and oxygen atoms in total. The highest BCUT2D eigenvalue weighted by Crippen LogP contribution is 2.33. The third kappa shape index (κ3) is 15.6. The summed E-state index contributed by atoms with van der Waals surface area (Å²) in [5.74, 6) is -0.470. The Morgan fingerprint density at radius 1 is 0.960 bits per heavy atom. The second kappa shape index (κ2) is 23.1. The molecule has 1 N–H and O–H groups in total. The molecule has 2 aromatic rings. The van der Waals surface area contributed by atoms with E-state index in [0.29, 0.717) is 36.2 Å². The number of halogens is 3. The molecule has 2 amide bonds. The van der Waals surface area contributed by atoms with Gasteiger partial charge in [0.05, 0.1) is 17.7 Å². The van der Waals surface area contributed by atoms with Crippen LogP contribution < -0.4 is 5.32 Å². The number of rotatable bonds is 7. The fraction of sp³-hybridized carbons (Fsp3) is 0.512. The average Bonchev–Trinajstić information content (AvgIpc) is 3.74. The number of hydrogen-bond donors (Lipinski definition) is 1. The number of likely N-dealkylation sites (tertiary alicyclic amines) is 1. The van der Waals surface area contributed by atoms with Gasteiger partial charge in [0.2, 0.25) is 5.91 Å². The fourth-order valence-corrected chi connectivity index (χ4v) is 6.18. The first kappa shape index (κ1) is 44.6. The van der Waals surface area contributed by atoms with Crippen molar-refractivity contribution in [3.8, 4) is 0 Å². The Kier molecular flexibility index (Phi) is 20.6. The molecule has 0 saturated carbocycles. The molecule has 1 saturated heterocycles. The van der Waals surface area contributed by atoms with Gasteiger partial charge >= 0.3 is 6.18 Å². The molecule has 0 spiro atoms. The Hall–Kier alpha value is -3.43. The van der Waals surface area contributed by atoms with E-state index in [1.165, 1.54) is 73.9 Å². The highest BCUT2D eigenvalue weighted by atomic mass is 32.1. The molecule has 0 unspecified atom stereocenters. The van der Waals surface area contributed by atoms with E-state index in [4.69, 9.17) is 0 Å². The van der Waals surface area contributed by atoms with Crippen molar-refractivity contribution in [2.24, 2.45) is 0 Å². The number of carbonyl (C=O) groups excluding carboxylic acids is 2. The highest BCUT2D eigenvalue weighted by Gasteiger charge is 2.31. The van der Waals surface area contributed by atoms with Gasteiger partial charge in [-0.3, -0.25) is 9.59 Å². The summed E-state index contributed by atoms with van der Waals surface area (Å²) in [6.07, 6.45) is 11.5. The molecule has 1 aromatic heterocycles. The second-order valence-corrected chi connectivity index (χ2v) is 13.8. The van der Waals surface area contributed by atoms with Gasteiger partial charge < -0.3 is 15.1 Å². The van der Waals surface area contributed by atoms with Crippen molar-refractivity contribution in [2.45, 2.75) is 114 Å². The molecule has 0 aliphatic carbocycles. The first-order chi connectivity index (χ1) is 23.6. The summed E-state index contributed by atoms with van der Waals surface area (Å²) in [5.41, 5.74) is 4.43. The van der Waals surface area contributed by atoms with Crippen molar-refractivity contribution in [1.82, 2.24) is 9.80 Å². The molecule has 9 heteroatoms. The Labute approximate surface area is 304 Å². The van der Waals surface area contributed by atoms with Crippen LogP contribution >= 0.6 is 11.3 Å². The van der Waals surface area contributed by atoms with Crippen LogP contribution in [0.1, 0.15) is 120 Å². The van der Waals surface area contributed by atoms with Gasteiger partial charge in [-0.2, -0.15) is 13.2 Å². The quantitative estimate of drug-likeness (QED) is 0.229. The smallest absolute Gasteiger partial charge is 0.333 e. The number of allylic oxidation sites excluding steroid dienone is 7. The van der Waals surface area contributed by atoms with E-state index in [0.717, 1.165) is 22.6 Å². The summed E-state index contributed by atoms with van der Waals surface area (Å²) in [6, 6.07) is 3.48. The van der Waals surface area contributed by atoms with Crippen LogP contribution in [0.15, 0.2) is 70.7 Å². The zero-order valence-electron chi connectivity index (χ0n) is 32.0. The molecule has 0 atom stereocenters. The molecule has 278 valence electrons. The predicted octanol–water partition coefficient (Wildman–Crippen LogP) is 11.6. The number of thiophene rings is 1. The maximum atomic E-state index is 13.0. The van der Waals surface area contributed by atoms with Crippen LogP contribution in [0.5, 0.6) is 0 Å². The molecule has 4 rings (SSSR count). The van der Waals surface area contributed by atoms with E-state index >= 15 is 0 Å². The molecule has 50 heavy (non-hydrogen) atoms. The third-order valence-corrected chi connectivity index (χ3v) is 9.10. The van der Waals surface area contributed by atoms with Crippen LogP contribution in [0, 0.1) is 6.92 Å². The van der Waals surface area contributed by atoms with Crippen LogP contribution in [-0.4, -0.2) is 47.8 Å². The minimum atomic E-state index is -4.48. The lowest BCUT2D eigenvalue weighted by Crippen LogP contribution is -2.36. The fourth-order valence-electron chi connectivity index (χ4n) is 5.08. The molecule has 1 aromatic carbocycles. The number of benzene rings is 1. The first-order valence-corrected chi connectivity index (χ1v) is 18.7. The molecule has 0 radical (unpaired) electrons. The van der Waals surface area contributed by atoms with E-state index in [1.54, 1.807) is 30.2 Å². The van der Waals surface area contributed by atoms with E-state index in [2.05, 4.69) is 63.9 Å². The summed E-state index contributed by atoms with van der Waals surface area (Å²) in [4.78, 5) is 30.3. The van der Waals surface area contributed by atoms with Crippen molar-refractivity contribution >= 4 is 28.8 Å². The summed E-state index contributed by atoms with van der Waals surface area (Å²) in [5, 5.41) is 4.29. The normalized spacial score (nSPS) is 14.6. The average molecular weight is 716 g/mol. The number of alkyl halides is 3. The molecule has 0 bridgehead atoms. The van der Waals surface area contributed by atoms with Gasteiger partial charge in [0.25, 0.3) is 5.91 Å². The van der Waals surface area contributed by atoms with Gasteiger partial charge in [0, 0.05) is 28.1 Å². The number of nitrogens with one attached hydrogen (secondary N) is 1. The molecule has 2 aliphatic rings. The van der Waals surface area contributed by atoms with Gasteiger partial charge in [-0.15, -0.1) is 11.3 Å². The van der Waals surface area contributed by atoms with Crippen LogP contribution in [0.2, 0.25) is 0 Å². The van der Waals surface area contributed by atoms with Gasteiger partial charge in [-0.1, -0.05) is 68.7 Å². The lowest BCUT2D eigenvalue weighted by atomic mass is 10.0. The zero-order chi connectivity index (χ0) is 37.9. The predicted molar refractivity (Wildman–Crippen MR) is 207 cm³/mol. The minimum absolute atomic E-state index is 0.0306. The Balaban J connectivity index is 0.000000484. The molecule has 1 fully saturated rings. The number of hydrogen-bond acceptors (Lipinski definition) is 4. The van der Waals surface area contributed by atoms with Crippen molar-refractivity contribution < 1.29 is 22.8 Å². The summed E-state index contributed by atoms with van der Waals surface area (Å²) in [7, 11) is 0. The summed E-state index contributed by atoms with van der Waals surface area (Å²) >= 11 is 1.39. The van der Waals surface area contributed by atoms with Crippen molar-refractivity contribution in [2.75, 3.05) is 31.5 Å². The van der Waals surface area contributed by atoms with Crippen LogP contribution in [0.3, 0.4) is 0 Å².